The van der Waals surface area contributed by atoms with E-state index in [1.54, 1.807) is 7.05 Å². The average Bonchev–Trinajstić information content (AvgIpc) is 3.04. The van der Waals surface area contributed by atoms with Crippen LogP contribution in [0.2, 0.25) is 0 Å². The van der Waals surface area contributed by atoms with E-state index in [4.69, 9.17) is 4.74 Å². The second-order valence-corrected chi connectivity index (χ2v) is 7.68. The number of hydrogen-bond acceptors (Lipinski definition) is 3. The summed E-state index contributed by atoms with van der Waals surface area (Å²) in [6.45, 7) is 11.6. The monoisotopic (exact) mass is 482 g/mol. The highest BCUT2D eigenvalue weighted by Gasteiger charge is 2.34. The molecule has 6 nitrogen and oxygen atoms in total. The van der Waals surface area contributed by atoms with Gasteiger partial charge in [-0.05, 0) is 52.4 Å². The molecule has 1 saturated carbocycles. The van der Waals surface area contributed by atoms with Crippen LogP contribution in [-0.2, 0) is 9.53 Å². The van der Waals surface area contributed by atoms with Crippen LogP contribution in [0.1, 0.15) is 59.8 Å². The minimum atomic E-state index is -0.479. The Balaban J connectivity index is 0.00000625. The van der Waals surface area contributed by atoms with Crippen LogP contribution in [0.3, 0.4) is 0 Å². The van der Waals surface area contributed by atoms with Crippen LogP contribution in [0.25, 0.3) is 0 Å². The molecule has 0 unspecified atom stereocenters. The molecule has 1 rings (SSSR count). The lowest BCUT2D eigenvalue weighted by Gasteiger charge is -2.31. The van der Waals surface area contributed by atoms with Crippen LogP contribution in [0, 0.1) is 10.8 Å². The molecule has 1 amide bonds. The Labute approximate surface area is 176 Å². The van der Waals surface area contributed by atoms with Gasteiger partial charge in [-0.3, -0.25) is 9.79 Å². The Morgan fingerprint density at radius 3 is 2.35 bits per heavy atom. The number of nitrogens with zero attached hydrogens (tertiary/aromatic N) is 1. The first-order valence-corrected chi connectivity index (χ1v) is 9.69. The molecular formula is C19H39IN4O2. The number of hydrogen-bond donors (Lipinski definition) is 3. The van der Waals surface area contributed by atoms with Gasteiger partial charge in [0.2, 0.25) is 5.91 Å². The van der Waals surface area contributed by atoms with Gasteiger partial charge in [0.05, 0.1) is 5.41 Å². The fourth-order valence-electron chi connectivity index (χ4n) is 3.35. The number of nitrogens with one attached hydrogen (secondary N) is 3. The van der Waals surface area contributed by atoms with E-state index in [9.17, 15) is 4.79 Å². The predicted octanol–water partition coefficient (Wildman–Crippen LogP) is 2.92. The van der Waals surface area contributed by atoms with Gasteiger partial charge >= 0.3 is 0 Å². The van der Waals surface area contributed by atoms with Crippen molar-refractivity contribution in [2.24, 2.45) is 15.8 Å². The Hall–Kier alpha value is -0.570. The molecule has 0 aliphatic heterocycles. The molecule has 7 heteroatoms. The third-order valence-electron chi connectivity index (χ3n) is 5.15. The second kappa shape index (κ2) is 12.8. The van der Waals surface area contributed by atoms with Gasteiger partial charge in [-0.2, -0.15) is 0 Å². The van der Waals surface area contributed by atoms with E-state index in [0.717, 1.165) is 32.1 Å². The average molecular weight is 482 g/mol. The van der Waals surface area contributed by atoms with E-state index in [1.165, 1.54) is 25.7 Å². The second-order valence-electron chi connectivity index (χ2n) is 7.68. The van der Waals surface area contributed by atoms with E-state index in [1.807, 2.05) is 27.7 Å². The Morgan fingerprint density at radius 2 is 1.81 bits per heavy atom. The van der Waals surface area contributed by atoms with Crippen LogP contribution < -0.4 is 16.0 Å². The quantitative estimate of drug-likeness (QED) is 0.194. The van der Waals surface area contributed by atoms with Crippen LogP contribution in [0.15, 0.2) is 4.99 Å². The lowest BCUT2D eigenvalue weighted by molar-refractivity contribution is -0.128. The van der Waals surface area contributed by atoms with Crippen molar-refractivity contribution in [1.29, 1.82) is 0 Å². The smallest absolute Gasteiger partial charge is 0.227 e. The topological polar surface area (TPSA) is 74.8 Å². The van der Waals surface area contributed by atoms with Crippen molar-refractivity contribution >= 4 is 35.8 Å². The predicted molar refractivity (Wildman–Crippen MR) is 119 cm³/mol. The third kappa shape index (κ3) is 8.41. The molecule has 1 fully saturated rings. The van der Waals surface area contributed by atoms with Gasteiger partial charge in [0, 0.05) is 39.9 Å². The minimum Gasteiger partial charge on any atom is -0.382 e. The van der Waals surface area contributed by atoms with E-state index in [2.05, 4.69) is 20.9 Å². The fraction of sp³-hybridized carbons (Fsp3) is 0.895. The number of aliphatic imine (C=N–C) groups is 1. The molecular weight excluding hydrogens is 443 g/mol. The van der Waals surface area contributed by atoms with Crippen LogP contribution in [-0.4, -0.2) is 51.8 Å². The van der Waals surface area contributed by atoms with Crippen molar-refractivity contribution in [1.82, 2.24) is 16.0 Å². The number of ether oxygens (including phenoxy) is 1. The maximum Gasteiger partial charge on any atom is 0.227 e. The number of carbonyl (C=O) groups excluding carboxylic acids is 1. The Bertz CT molecular complexity index is 435. The minimum absolute atomic E-state index is 0. The van der Waals surface area contributed by atoms with Crippen molar-refractivity contribution < 1.29 is 9.53 Å². The zero-order valence-electron chi connectivity index (χ0n) is 17.2. The number of amides is 1. The van der Waals surface area contributed by atoms with Gasteiger partial charge in [0.1, 0.15) is 0 Å². The summed E-state index contributed by atoms with van der Waals surface area (Å²) in [5.41, 5.74) is -0.171. The molecule has 0 atom stereocenters. The number of halogens is 1. The summed E-state index contributed by atoms with van der Waals surface area (Å²) < 4.78 is 5.58. The Morgan fingerprint density at radius 1 is 1.15 bits per heavy atom. The maximum absolute atomic E-state index is 12.1. The Kier molecular flexibility index (Phi) is 12.5. The van der Waals surface area contributed by atoms with Crippen LogP contribution >= 0.6 is 24.0 Å². The third-order valence-corrected chi connectivity index (χ3v) is 5.15. The molecule has 0 radical (unpaired) electrons. The van der Waals surface area contributed by atoms with Gasteiger partial charge in [-0.15, -0.1) is 24.0 Å². The molecule has 0 bridgehead atoms. The van der Waals surface area contributed by atoms with E-state index in [-0.39, 0.29) is 29.9 Å². The van der Waals surface area contributed by atoms with E-state index < -0.39 is 5.41 Å². The molecule has 0 saturated heterocycles. The van der Waals surface area contributed by atoms with Gasteiger partial charge in [-0.25, -0.2) is 0 Å². The first kappa shape index (κ1) is 25.4. The first-order valence-electron chi connectivity index (χ1n) is 9.69. The number of rotatable bonds is 10. The molecule has 154 valence electrons. The molecule has 0 heterocycles. The standard InChI is InChI=1S/C19H38N4O2.HI/c1-6-21-16(24)18(3,4)14-22-17(20-5)23-15-19(10-8-9-11-19)12-13-25-7-2;/h6-15H2,1-5H3,(H,21,24)(H2,20,22,23);1H. The van der Waals surface area contributed by atoms with Crippen molar-refractivity contribution in [3.8, 4) is 0 Å². The molecule has 0 aromatic rings. The molecule has 0 aromatic carbocycles. The largest absolute Gasteiger partial charge is 0.382 e. The van der Waals surface area contributed by atoms with Gasteiger partial charge in [0.25, 0.3) is 0 Å². The summed E-state index contributed by atoms with van der Waals surface area (Å²) in [4.78, 5) is 16.4. The first-order chi connectivity index (χ1) is 11.9. The fourth-order valence-corrected chi connectivity index (χ4v) is 3.35. The van der Waals surface area contributed by atoms with Crippen LogP contribution in [0.5, 0.6) is 0 Å². The zero-order chi connectivity index (χ0) is 18.8. The van der Waals surface area contributed by atoms with Crippen molar-refractivity contribution in [2.45, 2.75) is 59.8 Å². The van der Waals surface area contributed by atoms with E-state index >= 15 is 0 Å². The van der Waals surface area contributed by atoms with Crippen molar-refractivity contribution in [3.63, 3.8) is 0 Å². The molecule has 3 N–H and O–H groups in total. The summed E-state index contributed by atoms with van der Waals surface area (Å²) in [7, 11) is 1.77. The molecule has 1 aliphatic carbocycles. The molecule has 0 aromatic heterocycles. The lowest BCUT2D eigenvalue weighted by atomic mass is 9.83. The highest BCUT2D eigenvalue weighted by molar-refractivity contribution is 14.0. The summed E-state index contributed by atoms with van der Waals surface area (Å²) >= 11 is 0. The van der Waals surface area contributed by atoms with Gasteiger partial charge < -0.3 is 20.7 Å². The molecule has 26 heavy (non-hydrogen) atoms. The summed E-state index contributed by atoms with van der Waals surface area (Å²) in [6.07, 6.45) is 6.17. The van der Waals surface area contributed by atoms with E-state index in [0.29, 0.717) is 18.5 Å². The molecule has 0 spiro atoms. The van der Waals surface area contributed by atoms with Gasteiger partial charge in [-0.1, -0.05) is 12.8 Å². The summed E-state index contributed by atoms with van der Waals surface area (Å²) in [5, 5.41) is 9.66. The number of guanidine groups is 1. The van der Waals surface area contributed by atoms with Crippen molar-refractivity contribution in [3.05, 3.63) is 0 Å². The van der Waals surface area contributed by atoms with Crippen LogP contribution in [0.4, 0.5) is 0 Å². The highest BCUT2D eigenvalue weighted by atomic mass is 127. The summed E-state index contributed by atoms with van der Waals surface area (Å²) in [6, 6.07) is 0. The van der Waals surface area contributed by atoms with Crippen molar-refractivity contribution in [2.75, 3.05) is 39.9 Å². The molecule has 1 aliphatic rings. The lowest BCUT2D eigenvalue weighted by Crippen LogP contribution is -2.49. The maximum atomic E-state index is 12.1. The number of carbonyl (C=O) groups is 1. The normalized spacial score (nSPS) is 16.7. The van der Waals surface area contributed by atoms with Gasteiger partial charge in [0.15, 0.2) is 5.96 Å². The summed E-state index contributed by atoms with van der Waals surface area (Å²) in [5.74, 6) is 0.821. The SMILES string of the molecule is CCNC(=O)C(C)(C)CNC(=NC)NCC1(CCOCC)CCCC1.I. The zero-order valence-corrected chi connectivity index (χ0v) is 19.6. The highest BCUT2D eigenvalue weighted by Crippen LogP contribution is 2.40.